The van der Waals surface area contributed by atoms with Crippen LogP contribution in [-0.4, -0.2) is 42.2 Å². The largest absolute Gasteiger partial charge is 0.457 e. The Kier molecular flexibility index (Phi) is 5.35. The Morgan fingerprint density at radius 3 is 2.76 bits per heavy atom. The van der Waals surface area contributed by atoms with Crippen LogP contribution in [0.25, 0.3) is 10.9 Å². The van der Waals surface area contributed by atoms with E-state index >= 15 is 0 Å². The number of carbonyl (C=O) groups excluding carboxylic acids is 1. The zero-order valence-corrected chi connectivity index (χ0v) is 15.6. The highest BCUT2D eigenvalue weighted by molar-refractivity contribution is 5.91. The van der Waals surface area contributed by atoms with Gasteiger partial charge in [-0.1, -0.05) is 24.3 Å². The first kappa shape index (κ1) is 18.8. The lowest BCUT2D eigenvalue weighted by Crippen LogP contribution is -2.36. The number of hydrogen-bond donors (Lipinski definition) is 0. The van der Waals surface area contributed by atoms with Crippen molar-refractivity contribution in [2.75, 3.05) is 31.2 Å². The van der Waals surface area contributed by atoms with Gasteiger partial charge in [0.05, 0.1) is 29.2 Å². The van der Waals surface area contributed by atoms with E-state index in [4.69, 9.17) is 9.47 Å². The van der Waals surface area contributed by atoms with Crippen LogP contribution in [0.15, 0.2) is 54.7 Å². The molecule has 0 saturated carbocycles. The second kappa shape index (κ2) is 8.24. The van der Waals surface area contributed by atoms with Gasteiger partial charge >= 0.3 is 5.97 Å². The van der Waals surface area contributed by atoms with E-state index in [0.29, 0.717) is 32.0 Å². The van der Waals surface area contributed by atoms with Crippen molar-refractivity contribution in [2.45, 2.75) is 6.61 Å². The molecule has 1 aromatic heterocycles. The zero-order valence-electron chi connectivity index (χ0n) is 15.6. The lowest BCUT2D eigenvalue weighted by atomic mass is 10.1. The molecule has 3 aromatic rings. The maximum absolute atomic E-state index is 12.5. The summed E-state index contributed by atoms with van der Waals surface area (Å²) in [6.45, 7) is 2.20. The number of pyridine rings is 1. The summed E-state index contributed by atoms with van der Waals surface area (Å²) >= 11 is 0. The molecule has 29 heavy (non-hydrogen) atoms. The van der Waals surface area contributed by atoms with Crippen molar-refractivity contribution in [3.63, 3.8) is 0 Å². The number of fused-ring (bicyclic) bond motifs is 1. The first-order valence-electron chi connectivity index (χ1n) is 9.24. The minimum Gasteiger partial charge on any atom is -0.457 e. The van der Waals surface area contributed by atoms with Gasteiger partial charge in [0, 0.05) is 36.3 Å². The number of hydrogen-bond acceptors (Lipinski definition) is 7. The van der Waals surface area contributed by atoms with E-state index in [9.17, 15) is 14.9 Å². The number of nitro benzene ring substituents is 1. The fraction of sp³-hybridized carbons (Fsp3) is 0.238. The van der Waals surface area contributed by atoms with E-state index in [1.807, 2.05) is 35.2 Å². The van der Waals surface area contributed by atoms with Crippen LogP contribution in [0.1, 0.15) is 15.9 Å². The highest BCUT2D eigenvalue weighted by Crippen LogP contribution is 2.30. The van der Waals surface area contributed by atoms with E-state index < -0.39 is 10.9 Å². The number of morpholine rings is 1. The van der Waals surface area contributed by atoms with Crippen LogP contribution in [0.5, 0.6) is 0 Å². The Balaban J connectivity index is 1.53. The summed E-state index contributed by atoms with van der Waals surface area (Å²) in [5.41, 5.74) is 2.04. The molecule has 8 nitrogen and oxygen atoms in total. The molecule has 0 spiro atoms. The zero-order chi connectivity index (χ0) is 20.2. The average molecular weight is 393 g/mol. The summed E-state index contributed by atoms with van der Waals surface area (Å²) in [6, 6.07) is 13.8. The number of nitro groups is 1. The lowest BCUT2D eigenvalue weighted by molar-refractivity contribution is -0.384. The number of anilines is 1. The number of rotatable bonds is 5. The number of esters is 1. The Morgan fingerprint density at radius 2 is 1.97 bits per heavy atom. The molecule has 148 valence electrons. The molecule has 1 aliphatic heterocycles. The van der Waals surface area contributed by atoms with Crippen molar-refractivity contribution in [3.8, 4) is 0 Å². The van der Waals surface area contributed by atoms with Crippen molar-refractivity contribution < 1.29 is 19.2 Å². The van der Waals surface area contributed by atoms with Crippen LogP contribution in [0.3, 0.4) is 0 Å². The van der Waals surface area contributed by atoms with Crippen LogP contribution in [-0.2, 0) is 16.1 Å². The molecule has 8 heteroatoms. The standard InChI is InChI=1S/C21H19N3O5/c25-21(29-14-17-4-1-3-15-5-2-8-22-20(15)17)16-6-7-18(19(13-16)24(26)27)23-9-11-28-12-10-23/h1-8,13H,9-12,14H2. The van der Waals surface area contributed by atoms with Gasteiger partial charge in [0.2, 0.25) is 0 Å². The third-order valence-corrected chi connectivity index (χ3v) is 4.83. The quantitative estimate of drug-likeness (QED) is 0.373. The van der Waals surface area contributed by atoms with Crippen LogP contribution >= 0.6 is 0 Å². The Labute approximate surface area is 166 Å². The van der Waals surface area contributed by atoms with Crippen molar-refractivity contribution in [3.05, 3.63) is 76.0 Å². The minimum atomic E-state index is -0.616. The van der Waals surface area contributed by atoms with Gasteiger partial charge in [-0.25, -0.2) is 4.79 Å². The third kappa shape index (κ3) is 4.02. The predicted octanol–water partition coefficient (Wildman–Crippen LogP) is 3.34. The highest BCUT2D eigenvalue weighted by atomic mass is 16.6. The van der Waals surface area contributed by atoms with Gasteiger partial charge in [-0.15, -0.1) is 0 Å². The molecule has 1 saturated heterocycles. The molecule has 0 atom stereocenters. The van der Waals surface area contributed by atoms with Crippen molar-refractivity contribution in [1.29, 1.82) is 0 Å². The summed E-state index contributed by atoms with van der Waals surface area (Å²) in [7, 11) is 0. The minimum absolute atomic E-state index is 0.0339. The maximum atomic E-state index is 12.5. The predicted molar refractivity (Wildman–Crippen MR) is 107 cm³/mol. The van der Waals surface area contributed by atoms with Crippen molar-refractivity contribution >= 4 is 28.2 Å². The summed E-state index contributed by atoms with van der Waals surface area (Å²) < 4.78 is 10.7. The molecule has 1 aliphatic rings. The number of ether oxygens (including phenoxy) is 2. The van der Waals surface area contributed by atoms with Gasteiger partial charge in [0.1, 0.15) is 12.3 Å². The molecule has 0 radical (unpaired) electrons. The van der Waals surface area contributed by atoms with Crippen LogP contribution < -0.4 is 4.90 Å². The van der Waals surface area contributed by atoms with E-state index in [1.54, 1.807) is 18.3 Å². The van der Waals surface area contributed by atoms with E-state index in [-0.39, 0.29) is 17.9 Å². The Hall–Kier alpha value is -3.52. The summed E-state index contributed by atoms with van der Waals surface area (Å²) in [5, 5.41) is 12.5. The second-order valence-corrected chi connectivity index (χ2v) is 6.63. The lowest BCUT2D eigenvalue weighted by Gasteiger charge is -2.28. The van der Waals surface area contributed by atoms with Crippen molar-refractivity contribution in [2.24, 2.45) is 0 Å². The number of nitrogens with zero attached hydrogens (tertiary/aromatic N) is 3. The fourth-order valence-electron chi connectivity index (χ4n) is 3.38. The smallest absolute Gasteiger partial charge is 0.338 e. The normalized spacial score (nSPS) is 14.0. The van der Waals surface area contributed by atoms with Gasteiger partial charge in [0.15, 0.2) is 0 Å². The molecule has 0 unspecified atom stereocenters. The van der Waals surface area contributed by atoms with Crippen LogP contribution in [0, 0.1) is 10.1 Å². The summed E-state index contributed by atoms with van der Waals surface area (Å²) in [6.07, 6.45) is 1.68. The molecular weight excluding hydrogens is 374 g/mol. The topological polar surface area (TPSA) is 94.8 Å². The van der Waals surface area contributed by atoms with Gasteiger partial charge in [-0.2, -0.15) is 0 Å². The van der Waals surface area contributed by atoms with Crippen molar-refractivity contribution in [1.82, 2.24) is 4.98 Å². The fourth-order valence-corrected chi connectivity index (χ4v) is 3.38. The average Bonchev–Trinajstić information content (AvgIpc) is 2.77. The van der Waals surface area contributed by atoms with Gasteiger partial charge in [-0.3, -0.25) is 15.1 Å². The third-order valence-electron chi connectivity index (χ3n) is 4.83. The molecule has 0 amide bonds. The van der Waals surface area contributed by atoms with Crippen LogP contribution in [0.2, 0.25) is 0 Å². The number of aromatic nitrogens is 1. The molecule has 2 heterocycles. The highest BCUT2D eigenvalue weighted by Gasteiger charge is 2.23. The number of para-hydroxylation sites is 1. The number of carbonyl (C=O) groups is 1. The van der Waals surface area contributed by atoms with Gasteiger partial charge in [-0.05, 0) is 18.2 Å². The molecule has 1 fully saturated rings. The maximum Gasteiger partial charge on any atom is 0.338 e. The SMILES string of the molecule is O=C(OCc1cccc2cccnc12)c1ccc(N2CCOCC2)c([N+](=O)[O-])c1. The molecule has 2 aromatic carbocycles. The van der Waals surface area contributed by atoms with Gasteiger partial charge < -0.3 is 14.4 Å². The number of benzene rings is 2. The first-order chi connectivity index (χ1) is 14.1. The monoisotopic (exact) mass is 393 g/mol. The first-order valence-corrected chi connectivity index (χ1v) is 9.24. The molecule has 0 bridgehead atoms. The van der Waals surface area contributed by atoms with Crippen LogP contribution in [0.4, 0.5) is 11.4 Å². The Bertz CT molecular complexity index is 1060. The summed E-state index contributed by atoms with van der Waals surface area (Å²) in [5.74, 6) is -0.616. The second-order valence-electron chi connectivity index (χ2n) is 6.63. The van der Waals surface area contributed by atoms with Gasteiger partial charge in [0.25, 0.3) is 5.69 Å². The Morgan fingerprint density at radius 1 is 1.17 bits per heavy atom. The summed E-state index contributed by atoms with van der Waals surface area (Å²) in [4.78, 5) is 29.8. The van der Waals surface area contributed by atoms with E-state index in [0.717, 1.165) is 16.5 Å². The molecule has 0 aliphatic carbocycles. The molecular formula is C21H19N3O5. The van der Waals surface area contributed by atoms with E-state index in [2.05, 4.69) is 4.98 Å². The molecule has 0 N–H and O–H groups in total. The van der Waals surface area contributed by atoms with E-state index in [1.165, 1.54) is 6.07 Å². The molecule has 4 rings (SSSR count).